The highest BCUT2D eigenvalue weighted by Gasteiger charge is 2.29. The van der Waals surface area contributed by atoms with Crippen LogP contribution in [0.5, 0.6) is 0 Å². The molecule has 0 aliphatic carbocycles. The van der Waals surface area contributed by atoms with Crippen molar-refractivity contribution in [1.29, 1.82) is 0 Å². The summed E-state index contributed by atoms with van der Waals surface area (Å²) in [7, 11) is 0. The lowest BCUT2D eigenvalue weighted by Gasteiger charge is -2.36. The summed E-state index contributed by atoms with van der Waals surface area (Å²) < 4.78 is 0. The molecule has 3 N–H and O–H groups in total. The maximum Gasteiger partial charge on any atom is 0.315 e. The van der Waals surface area contributed by atoms with Crippen molar-refractivity contribution in [3.05, 3.63) is 24.0 Å². The van der Waals surface area contributed by atoms with Crippen LogP contribution in [0.25, 0.3) is 0 Å². The van der Waals surface area contributed by atoms with Crippen molar-refractivity contribution in [2.75, 3.05) is 13.1 Å². The Morgan fingerprint density at radius 2 is 2.13 bits per heavy atom. The molecule has 128 valence electrons. The predicted octanol–water partition coefficient (Wildman–Crippen LogP) is 2.35. The number of aromatic nitrogens is 1. The molecule has 3 amide bonds. The van der Waals surface area contributed by atoms with Gasteiger partial charge in [-0.3, -0.25) is 4.79 Å². The van der Waals surface area contributed by atoms with Crippen LogP contribution in [0.1, 0.15) is 51.0 Å². The monoisotopic (exact) mass is 320 g/mol. The molecule has 0 unspecified atom stereocenters. The van der Waals surface area contributed by atoms with E-state index in [4.69, 9.17) is 0 Å². The molecule has 23 heavy (non-hydrogen) atoms. The van der Waals surface area contributed by atoms with Crippen molar-refractivity contribution in [2.45, 2.75) is 52.1 Å². The molecule has 0 aromatic carbocycles. The normalized spacial score (nSPS) is 20.0. The Morgan fingerprint density at radius 1 is 1.39 bits per heavy atom. The molecule has 2 atom stereocenters. The summed E-state index contributed by atoms with van der Waals surface area (Å²) in [6.45, 7) is 9.32. The topological polar surface area (TPSA) is 77.2 Å². The molecule has 0 bridgehead atoms. The van der Waals surface area contributed by atoms with E-state index in [0.29, 0.717) is 12.2 Å². The van der Waals surface area contributed by atoms with E-state index in [9.17, 15) is 9.59 Å². The van der Waals surface area contributed by atoms with Crippen LogP contribution in [0.2, 0.25) is 0 Å². The standard InChI is InChI=1S/C17H28N4O2/c1-12(19-16(23)20-17(2,3)4)13-7-6-10-21(11-13)15(22)14-8-5-9-18-14/h5,8-9,12-13,18H,6-7,10-11H2,1-4H3,(H2,19,20,23)/t12-,13-/m1/s1. The van der Waals surface area contributed by atoms with Crippen molar-refractivity contribution in [3.8, 4) is 0 Å². The minimum atomic E-state index is -0.258. The second-order valence-corrected chi connectivity index (χ2v) is 7.37. The van der Waals surface area contributed by atoms with Gasteiger partial charge in [-0.2, -0.15) is 0 Å². The number of urea groups is 1. The van der Waals surface area contributed by atoms with Crippen LogP contribution in [0.3, 0.4) is 0 Å². The maximum atomic E-state index is 12.4. The fourth-order valence-electron chi connectivity index (χ4n) is 2.94. The van der Waals surface area contributed by atoms with E-state index >= 15 is 0 Å². The molecule has 6 heteroatoms. The summed E-state index contributed by atoms with van der Waals surface area (Å²) in [6.07, 6.45) is 3.74. The van der Waals surface area contributed by atoms with E-state index in [1.54, 1.807) is 12.3 Å². The Balaban J connectivity index is 1.90. The summed E-state index contributed by atoms with van der Waals surface area (Å²) in [4.78, 5) is 29.3. The predicted molar refractivity (Wildman–Crippen MR) is 90.3 cm³/mol. The number of nitrogens with one attached hydrogen (secondary N) is 3. The summed E-state index contributed by atoms with van der Waals surface area (Å²) in [5.41, 5.74) is 0.364. The molecule has 2 rings (SSSR count). The van der Waals surface area contributed by atoms with Crippen LogP contribution in [-0.4, -0.2) is 46.5 Å². The molecule has 1 aromatic rings. The number of carbonyl (C=O) groups is 2. The first-order valence-corrected chi connectivity index (χ1v) is 8.27. The van der Waals surface area contributed by atoms with Crippen LogP contribution < -0.4 is 10.6 Å². The molecular weight excluding hydrogens is 292 g/mol. The second-order valence-electron chi connectivity index (χ2n) is 7.37. The van der Waals surface area contributed by atoms with Gasteiger partial charge in [0.2, 0.25) is 0 Å². The lowest BCUT2D eigenvalue weighted by molar-refractivity contribution is 0.0648. The van der Waals surface area contributed by atoms with Crippen molar-refractivity contribution < 1.29 is 9.59 Å². The highest BCUT2D eigenvalue weighted by molar-refractivity contribution is 5.92. The zero-order chi connectivity index (χ0) is 17.0. The molecule has 0 spiro atoms. The Hall–Kier alpha value is -1.98. The lowest BCUT2D eigenvalue weighted by atomic mass is 9.91. The zero-order valence-corrected chi connectivity index (χ0v) is 14.5. The fourth-order valence-corrected chi connectivity index (χ4v) is 2.94. The molecular formula is C17H28N4O2. The molecule has 0 radical (unpaired) electrons. The van der Waals surface area contributed by atoms with Gasteiger partial charge in [0.25, 0.3) is 5.91 Å². The van der Waals surface area contributed by atoms with Crippen molar-refractivity contribution in [3.63, 3.8) is 0 Å². The SMILES string of the molecule is C[C@@H](NC(=O)NC(C)(C)C)[C@@H]1CCCN(C(=O)c2ccc[nH]2)C1. The van der Waals surface area contributed by atoms with Gasteiger partial charge < -0.3 is 20.5 Å². The van der Waals surface area contributed by atoms with E-state index in [1.165, 1.54) is 0 Å². The molecule has 6 nitrogen and oxygen atoms in total. The van der Waals surface area contributed by atoms with Crippen LogP contribution in [-0.2, 0) is 0 Å². The number of nitrogens with zero attached hydrogens (tertiary/aromatic N) is 1. The Kier molecular flexibility index (Phi) is 5.34. The van der Waals surface area contributed by atoms with Crippen LogP contribution >= 0.6 is 0 Å². The van der Waals surface area contributed by atoms with Crippen molar-refractivity contribution >= 4 is 11.9 Å². The molecule has 1 fully saturated rings. The van der Waals surface area contributed by atoms with Gasteiger partial charge in [0.1, 0.15) is 5.69 Å². The second kappa shape index (κ2) is 7.06. The van der Waals surface area contributed by atoms with E-state index in [0.717, 1.165) is 19.4 Å². The number of likely N-dealkylation sites (tertiary alicyclic amines) is 1. The highest BCUT2D eigenvalue weighted by atomic mass is 16.2. The van der Waals surface area contributed by atoms with Gasteiger partial charge >= 0.3 is 6.03 Å². The van der Waals surface area contributed by atoms with E-state index in [-0.39, 0.29) is 29.4 Å². The Labute approximate surface area is 138 Å². The summed E-state index contributed by atoms with van der Waals surface area (Å²) >= 11 is 0. The first kappa shape index (κ1) is 17.4. The van der Waals surface area contributed by atoms with Crippen LogP contribution in [0, 0.1) is 5.92 Å². The number of carbonyl (C=O) groups excluding carboxylic acids is 2. The third-order valence-electron chi connectivity index (χ3n) is 4.13. The number of amides is 3. The average Bonchev–Trinajstić information content (AvgIpc) is 2.98. The van der Waals surface area contributed by atoms with Gasteiger partial charge in [-0.1, -0.05) is 0 Å². The number of piperidine rings is 1. The summed E-state index contributed by atoms with van der Waals surface area (Å²) in [5, 5.41) is 5.91. The first-order valence-electron chi connectivity index (χ1n) is 8.27. The quantitative estimate of drug-likeness (QED) is 0.799. The van der Waals surface area contributed by atoms with Gasteiger partial charge in [0, 0.05) is 30.9 Å². The van der Waals surface area contributed by atoms with Gasteiger partial charge in [0.15, 0.2) is 0 Å². The van der Waals surface area contributed by atoms with Crippen LogP contribution in [0.4, 0.5) is 4.79 Å². The van der Waals surface area contributed by atoms with Gasteiger partial charge in [-0.25, -0.2) is 4.79 Å². The molecule has 1 saturated heterocycles. The molecule has 0 saturated carbocycles. The van der Waals surface area contributed by atoms with Crippen molar-refractivity contribution in [1.82, 2.24) is 20.5 Å². The molecule has 1 aliphatic rings. The van der Waals surface area contributed by atoms with Gasteiger partial charge in [0.05, 0.1) is 0 Å². The molecule has 1 aliphatic heterocycles. The molecule has 1 aromatic heterocycles. The van der Waals surface area contributed by atoms with E-state index in [2.05, 4.69) is 15.6 Å². The maximum absolute atomic E-state index is 12.4. The number of hydrogen-bond donors (Lipinski definition) is 3. The van der Waals surface area contributed by atoms with Crippen LogP contribution in [0.15, 0.2) is 18.3 Å². The third-order valence-corrected chi connectivity index (χ3v) is 4.13. The summed E-state index contributed by atoms with van der Waals surface area (Å²) in [5.74, 6) is 0.305. The van der Waals surface area contributed by atoms with Gasteiger partial charge in [-0.15, -0.1) is 0 Å². The highest BCUT2D eigenvalue weighted by Crippen LogP contribution is 2.21. The molecule has 2 heterocycles. The number of rotatable bonds is 3. The smallest absolute Gasteiger partial charge is 0.315 e. The Bertz CT molecular complexity index is 533. The van der Waals surface area contributed by atoms with Gasteiger partial charge in [-0.05, 0) is 58.6 Å². The average molecular weight is 320 g/mol. The number of H-pyrrole nitrogens is 1. The minimum Gasteiger partial charge on any atom is -0.357 e. The van der Waals surface area contributed by atoms with E-state index in [1.807, 2.05) is 38.7 Å². The number of hydrogen-bond acceptors (Lipinski definition) is 2. The minimum absolute atomic E-state index is 0.0246. The largest absolute Gasteiger partial charge is 0.357 e. The fraction of sp³-hybridized carbons (Fsp3) is 0.647. The lowest BCUT2D eigenvalue weighted by Crippen LogP contribution is -2.53. The zero-order valence-electron chi connectivity index (χ0n) is 14.5. The van der Waals surface area contributed by atoms with Crippen molar-refractivity contribution in [2.24, 2.45) is 5.92 Å². The summed E-state index contributed by atoms with van der Waals surface area (Å²) in [6, 6.07) is 3.49. The Morgan fingerprint density at radius 3 is 2.74 bits per heavy atom. The van der Waals surface area contributed by atoms with E-state index < -0.39 is 0 Å². The number of aromatic amines is 1. The first-order chi connectivity index (χ1) is 10.8. The third kappa shape index (κ3) is 5.01.